The summed E-state index contributed by atoms with van der Waals surface area (Å²) >= 11 is 0. The van der Waals surface area contributed by atoms with Gasteiger partial charge in [0, 0.05) is 41.3 Å². The van der Waals surface area contributed by atoms with E-state index in [1.165, 1.54) is 10.8 Å². The number of fused-ring (bicyclic) bond motifs is 3. The van der Waals surface area contributed by atoms with Crippen molar-refractivity contribution in [2.45, 2.75) is 24.9 Å². The molecule has 3 atom stereocenters. The van der Waals surface area contributed by atoms with Crippen LogP contribution in [0.5, 0.6) is 0 Å². The number of nitrogens with zero attached hydrogens (tertiary/aromatic N) is 3. The first-order valence-corrected chi connectivity index (χ1v) is 9.99. The summed E-state index contributed by atoms with van der Waals surface area (Å²) in [4.78, 5) is 35.6. The van der Waals surface area contributed by atoms with Crippen LogP contribution < -0.4 is 11.2 Å². The lowest BCUT2D eigenvalue weighted by molar-refractivity contribution is -0.0459. The molecule has 0 radical (unpaired) electrons. The molecule has 3 N–H and O–H groups in total. The SMILES string of the molecule is O=c1[nH]c(=O)n([C@H]2C[C@H](O)[C@@H](CO)O2)cc1C#Cc1cnc2c(ccc3cccnc32)c1. The fourth-order valence-electron chi connectivity index (χ4n) is 3.78. The predicted molar refractivity (Wildman–Crippen MR) is 116 cm³/mol. The molecule has 1 saturated heterocycles. The molecule has 0 saturated carbocycles. The van der Waals surface area contributed by atoms with Crippen LogP contribution >= 0.6 is 0 Å². The summed E-state index contributed by atoms with van der Waals surface area (Å²) in [5.41, 5.74) is 0.916. The Balaban J connectivity index is 1.50. The van der Waals surface area contributed by atoms with Gasteiger partial charge >= 0.3 is 5.69 Å². The Morgan fingerprint density at radius 3 is 2.78 bits per heavy atom. The van der Waals surface area contributed by atoms with Crippen LogP contribution in [0.4, 0.5) is 0 Å². The van der Waals surface area contributed by atoms with E-state index in [-0.39, 0.29) is 18.6 Å². The van der Waals surface area contributed by atoms with E-state index in [1.54, 1.807) is 12.4 Å². The standard InChI is InChI=1S/C23H18N4O5/c28-12-18-17(29)9-19(32-18)27-11-16(22(30)26-23(27)31)4-3-13-8-15-6-5-14-2-1-7-24-20(14)21(15)25-10-13/h1-2,5-8,10-11,17-19,28-29H,9,12H2,(H,26,30,31)/t17-,18+,19+/m0/s1. The van der Waals surface area contributed by atoms with Gasteiger partial charge in [0.15, 0.2) is 0 Å². The molecule has 4 heterocycles. The van der Waals surface area contributed by atoms with Gasteiger partial charge in [-0.2, -0.15) is 0 Å². The minimum atomic E-state index is -0.910. The smallest absolute Gasteiger partial charge is 0.330 e. The normalized spacial score (nSPS) is 20.4. The van der Waals surface area contributed by atoms with Gasteiger partial charge in [-0.1, -0.05) is 30.0 Å². The second-order valence-corrected chi connectivity index (χ2v) is 7.51. The molecule has 9 heteroatoms. The summed E-state index contributed by atoms with van der Waals surface area (Å²) in [6, 6.07) is 9.58. The molecule has 32 heavy (non-hydrogen) atoms. The third-order valence-electron chi connectivity index (χ3n) is 5.43. The number of aromatic nitrogens is 4. The first-order chi connectivity index (χ1) is 15.5. The molecule has 0 amide bonds. The average Bonchev–Trinajstić information content (AvgIpc) is 3.18. The van der Waals surface area contributed by atoms with Crippen LogP contribution in [-0.4, -0.2) is 48.5 Å². The molecule has 1 aliphatic heterocycles. The van der Waals surface area contributed by atoms with E-state index in [2.05, 4.69) is 26.8 Å². The van der Waals surface area contributed by atoms with Crippen molar-refractivity contribution in [2.75, 3.05) is 6.61 Å². The van der Waals surface area contributed by atoms with Crippen molar-refractivity contribution in [3.63, 3.8) is 0 Å². The zero-order valence-corrected chi connectivity index (χ0v) is 16.7. The fourth-order valence-corrected chi connectivity index (χ4v) is 3.78. The topological polar surface area (TPSA) is 130 Å². The molecular weight excluding hydrogens is 412 g/mol. The Labute approximate surface area is 181 Å². The maximum atomic E-state index is 12.2. The lowest BCUT2D eigenvalue weighted by Crippen LogP contribution is -2.33. The molecule has 3 aromatic heterocycles. The summed E-state index contributed by atoms with van der Waals surface area (Å²) in [5, 5.41) is 21.0. The Bertz CT molecular complexity index is 1510. The third kappa shape index (κ3) is 3.56. The quantitative estimate of drug-likeness (QED) is 0.315. The maximum Gasteiger partial charge on any atom is 0.330 e. The van der Waals surface area contributed by atoms with E-state index in [1.807, 2.05) is 30.3 Å². The molecular formula is C23H18N4O5. The van der Waals surface area contributed by atoms with Crippen molar-refractivity contribution in [3.8, 4) is 11.8 Å². The fraction of sp³-hybridized carbons (Fsp3) is 0.217. The zero-order valence-electron chi connectivity index (χ0n) is 16.7. The van der Waals surface area contributed by atoms with E-state index < -0.39 is 29.7 Å². The highest BCUT2D eigenvalue weighted by molar-refractivity contribution is 6.02. The van der Waals surface area contributed by atoms with Gasteiger partial charge in [-0.15, -0.1) is 0 Å². The summed E-state index contributed by atoms with van der Waals surface area (Å²) < 4.78 is 6.67. The number of aliphatic hydroxyl groups is 2. The van der Waals surface area contributed by atoms with E-state index in [0.717, 1.165) is 21.8 Å². The number of hydrogen-bond donors (Lipinski definition) is 3. The number of ether oxygens (including phenoxy) is 1. The monoisotopic (exact) mass is 430 g/mol. The molecule has 5 rings (SSSR count). The van der Waals surface area contributed by atoms with Gasteiger partial charge in [-0.3, -0.25) is 24.3 Å². The van der Waals surface area contributed by atoms with Crippen LogP contribution in [0, 0.1) is 11.8 Å². The number of benzene rings is 1. The molecule has 0 aliphatic carbocycles. The highest BCUT2D eigenvalue weighted by atomic mass is 16.5. The zero-order chi connectivity index (χ0) is 22.2. The Hall–Kier alpha value is -3.84. The van der Waals surface area contributed by atoms with Crippen molar-refractivity contribution in [2.24, 2.45) is 0 Å². The molecule has 1 aromatic carbocycles. The number of pyridine rings is 2. The van der Waals surface area contributed by atoms with E-state index in [9.17, 15) is 19.8 Å². The Morgan fingerprint density at radius 2 is 1.97 bits per heavy atom. The van der Waals surface area contributed by atoms with Crippen molar-refractivity contribution < 1.29 is 14.9 Å². The van der Waals surface area contributed by atoms with E-state index in [4.69, 9.17) is 4.74 Å². The summed E-state index contributed by atoms with van der Waals surface area (Å²) in [7, 11) is 0. The molecule has 1 fully saturated rings. The molecule has 9 nitrogen and oxygen atoms in total. The van der Waals surface area contributed by atoms with Gasteiger partial charge in [-0.25, -0.2) is 4.79 Å². The van der Waals surface area contributed by atoms with Crippen LogP contribution in [0.15, 0.2) is 58.5 Å². The van der Waals surface area contributed by atoms with Crippen LogP contribution in [-0.2, 0) is 4.74 Å². The highest BCUT2D eigenvalue weighted by Crippen LogP contribution is 2.27. The Kier molecular flexibility index (Phi) is 5.03. The van der Waals surface area contributed by atoms with Crippen molar-refractivity contribution in [1.82, 2.24) is 19.5 Å². The summed E-state index contributed by atoms with van der Waals surface area (Å²) in [5.74, 6) is 5.69. The van der Waals surface area contributed by atoms with Crippen molar-refractivity contribution >= 4 is 21.8 Å². The average molecular weight is 430 g/mol. The third-order valence-corrected chi connectivity index (χ3v) is 5.43. The number of rotatable bonds is 2. The van der Waals surface area contributed by atoms with Crippen LogP contribution in [0.25, 0.3) is 21.8 Å². The largest absolute Gasteiger partial charge is 0.394 e. The summed E-state index contributed by atoms with van der Waals surface area (Å²) in [6.07, 6.45) is 2.23. The van der Waals surface area contributed by atoms with Crippen molar-refractivity contribution in [3.05, 3.63) is 80.9 Å². The number of H-pyrrole nitrogens is 1. The molecule has 0 spiro atoms. The van der Waals surface area contributed by atoms with Gasteiger partial charge in [0.25, 0.3) is 5.56 Å². The van der Waals surface area contributed by atoms with Crippen LogP contribution in [0.3, 0.4) is 0 Å². The first-order valence-electron chi connectivity index (χ1n) is 9.99. The minimum Gasteiger partial charge on any atom is -0.394 e. The van der Waals surface area contributed by atoms with E-state index >= 15 is 0 Å². The number of nitrogens with one attached hydrogen (secondary N) is 1. The number of aromatic amines is 1. The molecule has 0 unspecified atom stereocenters. The molecule has 4 aromatic rings. The second-order valence-electron chi connectivity index (χ2n) is 7.51. The number of aliphatic hydroxyl groups excluding tert-OH is 2. The van der Waals surface area contributed by atoms with Crippen LogP contribution in [0.1, 0.15) is 23.8 Å². The van der Waals surface area contributed by atoms with Gasteiger partial charge in [0.05, 0.1) is 23.7 Å². The predicted octanol–water partition coefficient (Wildman–Crippen LogP) is 0.674. The Morgan fingerprint density at radius 1 is 1.16 bits per heavy atom. The maximum absolute atomic E-state index is 12.2. The first kappa shape index (κ1) is 20.1. The van der Waals surface area contributed by atoms with E-state index in [0.29, 0.717) is 5.56 Å². The van der Waals surface area contributed by atoms with Crippen molar-refractivity contribution in [1.29, 1.82) is 0 Å². The van der Waals surface area contributed by atoms with Gasteiger partial charge in [0.2, 0.25) is 0 Å². The van der Waals surface area contributed by atoms with Gasteiger partial charge < -0.3 is 14.9 Å². The lowest BCUT2D eigenvalue weighted by Gasteiger charge is -2.14. The van der Waals surface area contributed by atoms with Crippen LogP contribution in [0.2, 0.25) is 0 Å². The minimum absolute atomic E-state index is 0.0652. The summed E-state index contributed by atoms with van der Waals surface area (Å²) in [6.45, 7) is -0.373. The highest BCUT2D eigenvalue weighted by Gasteiger charge is 2.35. The molecule has 0 bridgehead atoms. The van der Waals surface area contributed by atoms with Gasteiger partial charge in [0.1, 0.15) is 17.9 Å². The number of hydrogen-bond acceptors (Lipinski definition) is 7. The molecule has 1 aliphatic rings. The lowest BCUT2D eigenvalue weighted by atomic mass is 10.1. The second kappa shape index (κ2) is 8.01. The van der Waals surface area contributed by atoms with Gasteiger partial charge in [-0.05, 0) is 12.1 Å². The molecule has 160 valence electrons.